The fourth-order valence-electron chi connectivity index (χ4n) is 3.89. The molecule has 0 amide bonds. The van der Waals surface area contributed by atoms with E-state index in [0.717, 1.165) is 0 Å². The smallest absolute Gasteiger partial charge is 0.436 e. The lowest BCUT2D eigenvalue weighted by atomic mass is 9.92. The highest BCUT2D eigenvalue weighted by molar-refractivity contribution is 7.81. The van der Waals surface area contributed by atoms with Gasteiger partial charge in [0.1, 0.15) is 11.9 Å². The number of halogens is 4. The third-order valence-corrected chi connectivity index (χ3v) is 6.90. The number of alkyl halides is 3. The summed E-state index contributed by atoms with van der Waals surface area (Å²) in [5, 5.41) is -0.535. The standard InChI is InChI=1S/C22H20F4N2O3S2/c23-16-4-2-1-3-14(16)18(19(29)12-5-6-12)28-8-7-17(32)15(9-13-10-27-11-33-13)20(28)31-21(30)22(24,25)26/h1-4,9-12,17-18,20,32H,5-8H2/b15-9-. The van der Waals surface area contributed by atoms with Gasteiger partial charge in [-0.05, 0) is 37.0 Å². The van der Waals surface area contributed by atoms with Crippen LogP contribution in [0.2, 0.25) is 0 Å². The summed E-state index contributed by atoms with van der Waals surface area (Å²) in [5.74, 6) is -3.65. The molecule has 2 aromatic rings. The molecule has 2 aliphatic rings. The quantitative estimate of drug-likeness (QED) is 0.350. The van der Waals surface area contributed by atoms with Crippen LogP contribution in [0.25, 0.3) is 6.08 Å². The van der Waals surface area contributed by atoms with Gasteiger partial charge in [-0.2, -0.15) is 25.8 Å². The molecule has 0 N–H and O–H groups in total. The number of thiazole rings is 1. The van der Waals surface area contributed by atoms with Crippen molar-refractivity contribution in [2.45, 2.75) is 43.0 Å². The molecule has 2 fully saturated rings. The van der Waals surface area contributed by atoms with Crippen molar-refractivity contribution in [1.82, 2.24) is 9.88 Å². The molecule has 11 heteroatoms. The van der Waals surface area contributed by atoms with Crippen molar-refractivity contribution in [3.05, 3.63) is 57.8 Å². The predicted molar refractivity (Wildman–Crippen MR) is 117 cm³/mol. The van der Waals surface area contributed by atoms with E-state index in [-0.39, 0.29) is 29.4 Å². The van der Waals surface area contributed by atoms with Crippen molar-refractivity contribution < 1.29 is 31.9 Å². The molecule has 1 aromatic carbocycles. The van der Waals surface area contributed by atoms with Crippen LogP contribution in [0.1, 0.15) is 35.7 Å². The first-order valence-electron chi connectivity index (χ1n) is 10.3. The number of likely N-dealkylation sites (tertiary alicyclic amines) is 1. The van der Waals surface area contributed by atoms with Crippen LogP contribution >= 0.6 is 24.0 Å². The number of hydrogen-bond acceptors (Lipinski definition) is 7. The fraction of sp³-hybridized carbons (Fsp3) is 0.409. The van der Waals surface area contributed by atoms with Crippen LogP contribution in [0.3, 0.4) is 0 Å². The van der Waals surface area contributed by atoms with E-state index in [1.165, 1.54) is 40.6 Å². The molecule has 176 valence electrons. The molecule has 3 atom stereocenters. The maximum absolute atomic E-state index is 14.8. The van der Waals surface area contributed by atoms with E-state index in [0.29, 0.717) is 24.1 Å². The van der Waals surface area contributed by atoms with E-state index in [4.69, 9.17) is 4.74 Å². The molecule has 33 heavy (non-hydrogen) atoms. The number of ether oxygens (including phenoxy) is 1. The summed E-state index contributed by atoms with van der Waals surface area (Å²) in [6.07, 6.45) is -2.09. The molecule has 5 nitrogen and oxygen atoms in total. The number of benzene rings is 1. The number of nitrogens with zero attached hydrogens (tertiary/aromatic N) is 2. The Hall–Kier alpha value is -2.24. The lowest BCUT2D eigenvalue weighted by molar-refractivity contribution is -0.212. The molecule has 1 aromatic heterocycles. The van der Waals surface area contributed by atoms with Crippen LogP contribution in [-0.4, -0.2) is 45.8 Å². The van der Waals surface area contributed by atoms with Crippen LogP contribution in [0.5, 0.6) is 0 Å². The van der Waals surface area contributed by atoms with Gasteiger partial charge in [-0.1, -0.05) is 18.2 Å². The zero-order chi connectivity index (χ0) is 23.8. The highest BCUT2D eigenvalue weighted by atomic mass is 32.1. The molecule has 0 radical (unpaired) electrons. The van der Waals surface area contributed by atoms with E-state index in [2.05, 4.69) is 17.6 Å². The lowest BCUT2D eigenvalue weighted by Crippen LogP contribution is -2.52. The number of rotatable bonds is 6. The van der Waals surface area contributed by atoms with Gasteiger partial charge in [0.2, 0.25) is 0 Å². The summed E-state index contributed by atoms with van der Waals surface area (Å²) < 4.78 is 59.2. The summed E-state index contributed by atoms with van der Waals surface area (Å²) in [6.45, 7) is 0.0848. The number of carbonyl (C=O) groups excluding carboxylic acids is 2. The Balaban J connectivity index is 1.80. The van der Waals surface area contributed by atoms with Crippen LogP contribution in [0.15, 0.2) is 41.5 Å². The SMILES string of the molecule is O=C(C1CC1)C(c1ccccc1F)N1CCC(S)/C(=C/c2cncs2)C1OC(=O)C(F)(F)F. The molecule has 1 aliphatic heterocycles. The van der Waals surface area contributed by atoms with Gasteiger partial charge in [0.05, 0.1) is 5.51 Å². The first-order valence-corrected chi connectivity index (χ1v) is 11.7. The maximum atomic E-state index is 14.8. The average Bonchev–Trinajstić information content (AvgIpc) is 3.49. The first-order chi connectivity index (χ1) is 15.7. The van der Waals surface area contributed by atoms with Gasteiger partial charge in [-0.3, -0.25) is 14.7 Å². The van der Waals surface area contributed by atoms with Crippen molar-refractivity contribution in [3.8, 4) is 0 Å². The van der Waals surface area contributed by atoms with Crippen molar-refractivity contribution in [2.75, 3.05) is 6.54 Å². The minimum absolute atomic E-state index is 0.0391. The molecule has 1 saturated heterocycles. The van der Waals surface area contributed by atoms with Crippen LogP contribution in [0.4, 0.5) is 17.6 Å². The Labute approximate surface area is 196 Å². The monoisotopic (exact) mass is 500 g/mol. The second-order valence-corrected chi connectivity index (χ2v) is 9.49. The molecule has 4 rings (SSSR count). The van der Waals surface area contributed by atoms with E-state index < -0.39 is 35.5 Å². The second-order valence-electron chi connectivity index (χ2n) is 7.95. The topological polar surface area (TPSA) is 59.5 Å². The summed E-state index contributed by atoms with van der Waals surface area (Å²) in [7, 11) is 0. The highest BCUT2D eigenvalue weighted by Crippen LogP contribution is 2.42. The van der Waals surface area contributed by atoms with E-state index in [1.807, 2.05) is 0 Å². The number of esters is 1. The number of aromatic nitrogens is 1. The van der Waals surface area contributed by atoms with Crippen molar-refractivity contribution in [2.24, 2.45) is 5.92 Å². The molecule has 0 spiro atoms. The number of Topliss-reactive ketones (excluding diaryl/α,β-unsaturated/α-hetero) is 1. The van der Waals surface area contributed by atoms with E-state index in [9.17, 15) is 27.2 Å². The Morgan fingerprint density at radius 3 is 2.58 bits per heavy atom. The number of thiol groups is 1. The van der Waals surface area contributed by atoms with Crippen LogP contribution in [0, 0.1) is 11.7 Å². The van der Waals surface area contributed by atoms with Gasteiger partial charge in [0.25, 0.3) is 0 Å². The van der Waals surface area contributed by atoms with Crippen molar-refractivity contribution in [1.29, 1.82) is 0 Å². The van der Waals surface area contributed by atoms with Crippen LogP contribution in [-0.2, 0) is 14.3 Å². The zero-order valence-electron chi connectivity index (χ0n) is 17.2. The molecular weight excluding hydrogens is 480 g/mol. The minimum Gasteiger partial charge on any atom is -0.436 e. The Morgan fingerprint density at radius 2 is 1.97 bits per heavy atom. The molecule has 3 unspecified atom stereocenters. The van der Waals surface area contributed by atoms with Gasteiger partial charge in [0, 0.05) is 34.4 Å². The van der Waals surface area contributed by atoms with Crippen LogP contribution < -0.4 is 0 Å². The number of hydrogen-bond donors (Lipinski definition) is 1. The third-order valence-electron chi connectivity index (χ3n) is 5.62. The fourth-order valence-corrected chi connectivity index (χ4v) is 4.78. The van der Waals surface area contributed by atoms with Gasteiger partial charge >= 0.3 is 12.1 Å². The van der Waals surface area contributed by atoms with Gasteiger partial charge in [0.15, 0.2) is 12.0 Å². The number of ketones is 1. The van der Waals surface area contributed by atoms with Crippen molar-refractivity contribution in [3.63, 3.8) is 0 Å². The largest absolute Gasteiger partial charge is 0.490 e. The second kappa shape index (κ2) is 9.55. The van der Waals surface area contributed by atoms with Crippen molar-refractivity contribution >= 4 is 41.8 Å². The van der Waals surface area contributed by atoms with Gasteiger partial charge in [-0.15, -0.1) is 11.3 Å². The number of carbonyl (C=O) groups is 2. The summed E-state index contributed by atoms with van der Waals surface area (Å²) in [4.78, 5) is 31.1. The highest BCUT2D eigenvalue weighted by Gasteiger charge is 2.49. The summed E-state index contributed by atoms with van der Waals surface area (Å²) in [6, 6.07) is 4.45. The molecular formula is C22H20F4N2O3S2. The van der Waals surface area contributed by atoms with E-state index >= 15 is 0 Å². The summed E-state index contributed by atoms with van der Waals surface area (Å²) in [5.41, 5.74) is 1.87. The van der Waals surface area contributed by atoms with Gasteiger partial charge in [-0.25, -0.2) is 9.18 Å². The molecule has 2 heterocycles. The minimum atomic E-state index is -5.24. The first kappa shape index (κ1) is 23.9. The average molecular weight is 501 g/mol. The van der Waals surface area contributed by atoms with E-state index in [1.54, 1.807) is 17.7 Å². The normalized spacial score (nSPS) is 24.0. The Kier molecular flexibility index (Phi) is 6.92. The maximum Gasteiger partial charge on any atom is 0.490 e. The third kappa shape index (κ3) is 5.30. The Bertz CT molecular complexity index is 1050. The molecule has 1 saturated carbocycles. The zero-order valence-corrected chi connectivity index (χ0v) is 18.9. The number of piperidine rings is 1. The molecule has 0 bridgehead atoms. The predicted octanol–water partition coefficient (Wildman–Crippen LogP) is 4.82. The lowest BCUT2D eigenvalue weighted by Gasteiger charge is -2.43. The Morgan fingerprint density at radius 1 is 1.24 bits per heavy atom. The summed E-state index contributed by atoms with van der Waals surface area (Å²) >= 11 is 5.75. The van der Waals surface area contributed by atoms with Gasteiger partial charge < -0.3 is 4.74 Å². The molecule has 1 aliphatic carbocycles.